The summed E-state index contributed by atoms with van der Waals surface area (Å²) in [6.07, 6.45) is 1.73. The molecule has 1 aromatic carbocycles. The van der Waals surface area contributed by atoms with Crippen LogP contribution in [0.25, 0.3) is 0 Å². The number of thioether (sulfide) groups is 1. The Labute approximate surface area is 202 Å². The highest BCUT2D eigenvalue weighted by molar-refractivity contribution is 9.10. The highest BCUT2D eigenvalue weighted by atomic mass is 79.9. The minimum atomic E-state index is -0.488. The molecule has 1 N–H and O–H groups in total. The Morgan fingerprint density at radius 1 is 1.31 bits per heavy atom. The molecule has 0 saturated heterocycles. The van der Waals surface area contributed by atoms with Gasteiger partial charge >= 0.3 is 5.97 Å². The van der Waals surface area contributed by atoms with Crippen LogP contribution in [0.2, 0.25) is 0 Å². The number of halogens is 1. The standard InChI is InChI=1S/C21H21BrN4O4S2/c1-4-9-26-17(11-30-15-7-5-14(22)6-8-15)24-25-21(26)31-12-18(27)23-19-16(20(28)29-3)10-13(2)32-19/h4-8,10H,1,9,11-12H2,2-3H3,(H,23,27). The van der Waals surface area contributed by atoms with Gasteiger partial charge < -0.3 is 14.8 Å². The van der Waals surface area contributed by atoms with Gasteiger partial charge in [0, 0.05) is 15.9 Å². The number of hydrogen-bond acceptors (Lipinski definition) is 8. The number of hydrogen-bond donors (Lipinski definition) is 1. The molecule has 0 aliphatic rings. The van der Waals surface area contributed by atoms with E-state index in [0.29, 0.717) is 33.8 Å². The average molecular weight is 537 g/mol. The Balaban J connectivity index is 1.63. The maximum atomic E-state index is 12.5. The van der Waals surface area contributed by atoms with Crippen LogP contribution in [-0.2, 0) is 22.7 Å². The van der Waals surface area contributed by atoms with Gasteiger partial charge in [0.15, 0.2) is 11.0 Å². The van der Waals surface area contributed by atoms with Gasteiger partial charge in [-0.25, -0.2) is 4.79 Å². The highest BCUT2D eigenvalue weighted by Crippen LogP contribution is 2.29. The number of anilines is 1. The Morgan fingerprint density at radius 2 is 2.06 bits per heavy atom. The van der Waals surface area contributed by atoms with E-state index in [0.717, 1.165) is 9.35 Å². The monoisotopic (exact) mass is 536 g/mol. The van der Waals surface area contributed by atoms with Crippen LogP contribution in [-0.4, -0.2) is 39.5 Å². The SMILES string of the molecule is C=CCn1c(COc2ccc(Br)cc2)nnc1SCC(=O)Nc1sc(C)cc1C(=O)OC. The number of nitrogens with one attached hydrogen (secondary N) is 1. The number of carbonyl (C=O) groups excluding carboxylic acids is 2. The number of allylic oxidation sites excluding steroid dienone is 1. The minimum Gasteiger partial charge on any atom is -0.486 e. The molecule has 0 bridgehead atoms. The van der Waals surface area contributed by atoms with E-state index >= 15 is 0 Å². The van der Waals surface area contributed by atoms with Crippen molar-refractivity contribution >= 4 is 55.9 Å². The largest absolute Gasteiger partial charge is 0.486 e. The molecule has 11 heteroatoms. The molecule has 0 radical (unpaired) electrons. The number of aryl methyl sites for hydroxylation is 1. The molecule has 0 atom stereocenters. The molecule has 0 saturated carbocycles. The molecule has 32 heavy (non-hydrogen) atoms. The zero-order chi connectivity index (χ0) is 23.1. The van der Waals surface area contributed by atoms with Crippen molar-refractivity contribution < 1.29 is 19.1 Å². The van der Waals surface area contributed by atoms with E-state index in [4.69, 9.17) is 9.47 Å². The van der Waals surface area contributed by atoms with Crippen LogP contribution in [0, 0.1) is 6.92 Å². The predicted octanol–water partition coefficient (Wildman–Crippen LogP) is 4.69. The van der Waals surface area contributed by atoms with E-state index in [2.05, 4.69) is 38.0 Å². The van der Waals surface area contributed by atoms with Gasteiger partial charge in [0.05, 0.1) is 18.4 Å². The first-order chi connectivity index (χ1) is 15.4. The van der Waals surface area contributed by atoms with Crippen LogP contribution in [0.4, 0.5) is 5.00 Å². The molecule has 2 aromatic heterocycles. The zero-order valence-corrected chi connectivity index (χ0v) is 20.7. The van der Waals surface area contributed by atoms with Crippen molar-refractivity contribution in [2.45, 2.75) is 25.2 Å². The van der Waals surface area contributed by atoms with Gasteiger partial charge in [-0.15, -0.1) is 28.1 Å². The lowest BCUT2D eigenvalue weighted by Crippen LogP contribution is -2.16. The molecule has 0 aliphatic carbocycles. The lowest BCUT2D eigenvalue weighted by molar-refractivity contribution is -0.113. The first-order valence-corrected chi connectivity index (χ1v) is 12.0. The Morgan fingerprint density at radius 3 is 2.75 bits per heavy atom. The second-order valence-electron chi connectivity index (χ2n) is 6.47. The molecule has 168 valence electrons. The van der Waals surface area contributed by atoms with E-state index in [1.165, 1.54) is 30.2 Å². The summed E-state index contributed by atoms with van der Waals surface area (Å²) in [7, 11) is 1.31. The van der Waals surface area contributed by atoms with Gasteiger partial charge in [-0.3, -0.25) is 9.36 Å². The summed E-state index contributed by atoms with van der Waals surface area (Å²) in [6.45, 7) is 6.35. The summed E-state index contributed by atoms with van der Waals surface area (Å²) >= 11 is 5.95. The van der Waals surface area contributed by atoms with E-state index in [1.807, 2.05) is 35.8 Å². The minimum absolute atomic E-state index is 0.0976. The molecular formula is C21H21BrN4O4S2. The Kier molecular flexibility index (Phi) is 8.48. The molecule has 2 heterocycles. The molecule has 8 nitrogen and oxygen atoms in total. The number of thiophene rings is 1. The summed E-state index contributed by atoms with van der Waals surface area (Å²) < 4.78 is 13.4. The van der Waals surface area contributed by atoms with E-state index in [-0.39, 0.29) is 18.3 Å². The zero-order valence-electron chi connectivity index (χ0n) is 17.5. The normalized spacial score (nSPS) is 10.6. The van der Waals surface area contributed by atoms with Gasteiger partial charge in [0.1, 0.15) is 17.4 Å². The van der Waals surface area contributed by atoms with Gasteiger partial charge in [0.25, 0.3) is 0 Å². The lowest BCUT2D eigenvalue weighted by Gasteiger charge is -2.09. The van der Waals surface area contributed by atoms with Crippen molar-refractivity contribution in [3.05, 3.63) is 63.7 Å². The second kappa shape index (κ2) is 11.3. The molecule has 0 fully saturated rings. The summed E-state index contributed by atoms with van der Waals surface area (Å²) in [5.41, 5.74) is 0.343. The molecule has 3 aromatic rings. The van der Waals surface area contributed by atoms with Crippen molar-refractivity contribution in [2.24, 2.45) is 0 Å². The van der Waals surface area contributed by atoms with Crippen molar-refractivity contribution in [2.75, 3.05) is 18.2 Å². The number of benzene rings is 1. The molecule has 0 aliphatic heterocycles. The number of aromatic nitrogens is 3. The third-order valence-corrected chi connectivity index (χ3v) is 6.59. The Hall–Kier alpha value is -2.63. The van der Waals surface area contributed by atoms with Crippen molar-refractivity contribution in [1.82, 2.24) is 14.8 Å². The van der Waals surface area contributed by atoms with Crippen LogP contribution in [0.1, 0.15) is 21.1 Å². The summed E-state index contributed by atoms with van der Waals surface area (Å²) in [5, 5.41) is 12.2. The fourth-order valence-corrected chi connectivity index (χ4v) is 4.63. The highest BCUT2D eigenvalue weighted by Gasteiger charge is 2.19. The van der Waals surface area contributed by atoms with Crippen molar-refractivity contribution in [3.8, 4) is 5.75 Å². The third-order valence-electron chi connectivity index (χ3n) is 4.13. The molecule has 3 rings (SSSR count). The average Bonchev–Trinajstić information content (AvgIpc) is 3.34. The maximum absolute atomic E-state index is 12.5. The number of carbonyl (C=O) groups is 2. The van der Waals surface area contributed by atoms with Crippen LogP contribution in [0.5, 0.6) is 5.75 Å². The third kappa shape index (κ3) is 6.21. The molecule has 0 spiro atoms. The fourth-order valence-electron chi connectivity index (χ4n) is 2.69. The van der Waals surface area contributed by atoms with Crippen molar-refractivity contribution in [3.63, 3.8) is 0 Å². The first-order valence-electron chi connectivity index (χ1n) is 9.44. The molecule has 0 unspecified atom stereocenters. The van der Waals surface area contributed by atoms with Gasteiger partial charge in [-0.1, -0.05) is 33.8 Å². The number of ether oxygens (including phenoxy) is 2. The first kappa shape index (κ1) is 24.0. The number of esters is 1. The van der Waals surface area contributed by atoms with E-state index in [9.17, 15) is 9.59 Å². The topological polar surface area (TPSA) is 95.3 Å². The van der Waals surface area contributed by atoms with Crippen molar-refractivity contribution in [1.29, 1.82) is 0 Å². The number of methoxy groups -OCH3 is 1. The predicted molar refractivity (Wildman–Crippen MR) is 128 cm³/mol. The smallest absolute Gasteiger partial charge is 0.340 e. The van der Waals surface area contributed by atoms with Gasteiger partial charge in [-0.05, 0) is 37.3 Å². The van der Waals surface area contributed by atoms with Crippen LogP contribution < -0.4 is 10.1 Å². The van der Waals surface area contributed by atoms with Crippen LogP contribution in [0.3, 0.4) is 0 Å². The molecule has 1 amide bonds. The summed E-state index contributed by atoms with van der Waals surface area (Å²) in [4.78, 5) is 25.3. The van der Waals surface area contributed by atoms with E-state index < -0.39 is 5.97 Å². The Bertz CT molecular complexity index is 1110. The van der Waals surface area contributed by atoms with Crippen LogP contribution >= 0.6 is 39.0 Å². The number of nitrogens with zero attached hydrogens (tertiary/aromatic N) is 3. The quantitative estimate of drug-likeness (QED) is 0.228. The summed E-state index contributed by atoms with van der Waals surface area (Å²) in [5.74, 6) is 0.682. The second-order valence-corrected chi connectivity index (χ2v) is 9.58. The summed E-state index contributed by atoms with van der Waals surface area (Å²) in [6, 6.07) is 9.19. The van der Waals surface area contributed by atoms with Gasteiger partial charge in [-0.2, -0.15) is 0 Å². The fraction of sp³-hybridized carbons (Fsp3) is 0.238. The van der Waals surface area contributed by atoms with E-state index in [1.54, 1.807) is 12.1 Å². The molecular weight excluding hydrogens is 516 g/mol. The maximum Gasteiger partial charge on any atom is 0.340 e. The van der Waals surface area contributed by atoms with Crippen LogP contribution in [0.15, 0.2) is 52.6 Å². The van der Waals surface area contributed by atoms with Gasteiger partial charge in [0.2, 0.25) is 5.91 Å². The number of rotatable bonds is 10. The lowest BCUT2D eigenvalue weighted by atomic mass is 10.3. The number of amides is 1.